The molecular formula is C19H21N3O5. The fourth-order valence-corrected chi connectivity index (χ4v) is 4.64. The topological polar surface area (TPSA) is 106 Å². The molecule has 0 radical (unpaired) electrons. The second kappa shape index (κ2) is 6.68. The van der Waals surface area contributed by atoms with Crippen LogP contribution in [0.15, 0.2) is 24.4 Å². The van der Waals surface area contributed by atoms with E-state index in [1.165, 1.54) is 19.2 Å². The summed E-state index contributed by atoms with van der Waals surface area (Å²) in [6, 6.07) is 3.85. The molecule has 142 valence electrons. The van der Waals surface area contributed by atoms with Crippen LogP contribution in [0.5, 0.6) is 0 Å². The van der Waals surface area contributed by atoms with Crippen molar-refractivity contribution in [3.8, 4) is 0 Å². The number of nitro groups is 1. The van der Waals surface area contributed by atoms with Gasteiger partial charge in [0.15, 0.2) is 0 Å². The number of nitro benzene ring substituents is 1. The van der Waals surface area contributed by atoms with Crippen LogP contribution in [0.25, 0.3) is 10.9 Å². The van der Waals surface area contributed by atoms with Gasteiger partial charge in [0.2, 0.25) is 0 Å². The third-order valence-corrected chi connectivity index (χ3v) is 5.90. The van der Waals surface area contributed by atoms with Crippen molar-refractivity contribution < 1.29 is 19.2 Å². The number of rotatable bonds is 3. The molecule has 1 aromatic carbocycles. The van der Waals surface area contributed by atoms with E-state index in [0.29, 0.717) is 28.8 Å². The van der Waals surface area contributed by atoms with E-state index >= 15 is 0 Å². The first-order chi connectivity index (χ1) is 13.0. The average molecular weight is 371 g/mol. The second-order valence-electron chi connectivity index (χ2n) is 7.29. The molecule has 0 unspecified atom stereocenters. The Hall–Kier alpha value is -2.90. The lowest BCUT2D eigenvalue weighted by molar-refractivity contribution is -0.384. The predicted molar refractivity (Wildman–Crippen MR) is 97.3 cm³/mol. The number of hydrogen-bond donors (Lipinski definition) is 1. The lowest BCUT2D eigenvalue weighted by Crippen LogP contribution is -2.46. The van der Waals surface area contributed by atoms with Crippen molar-refractivity contribution in [1.29, 1.82) is 0 Å². The van der Waals surface area contributed by atoms with Gasteiger partial charge in [0, 0.05) is 29.8 Å². The number of aromatic amines is 1. The maximum absolute atomic E-state index is 13.4. The lowest BCUT2D eigenvalue weighted by Gasteiger charge is -2.33. The lowest BCUT2D eigenvalue weighted by atomic mass is 9.84. The Morgan fingerprint density at radius 2 is 2.07 bits per heavy atom. The minimum atomic E-state index is -0.571. The quantitative estimate of drug-likeness (QED) is 0.507. The van der Waals surface area contributed by atoms with Crippen LogP contribution in [0.4, 0.5) is 5.69 Å². The molecule has 1 saturated carbocycles. The smallest absolute Gasteiger partial charge is 0.328 e. The number of ether oxygens (including phenoxy) is 1. The van der Waals surface area contributed by atoms with Crippen LogP contribution in [-0.2, 0) is 9.53 Å². The number of likely N-dealkylation sites (tertiary alicyclic amines) is 1. The van der Waals surface area contributed by atoms with Crippen LogP contribution >= 0.6 is 0 Å². The number of nitrogens with zero attached hydrogens (tertiary/aromatic N) is 2. The minimum Gasteiger partial charge on any atom is -0.467 e. The Kier molecular flexibility index (Phi) is 4.33. The summed E-state index contributed by atoms with van der Waals surface area (Å²) < 4.78 is 4.95. The monoisotopic (exact) mass is 371 g/mol. The van der Waals surface area contributed by atoms with Gasteiger partial charge in [-0.1, -0.05) is 12.8 Å². The number of non-ortho nitro benzene ring substituents is 1. The Morgan fingerprint density at radius 1 is 1.30 bits per heavy atom. The summed E-state index contributed by atoms with van der Waals surface area (Å²) in [6.45, 7) is 0. The molecular weight excluding hydrogens is 350 g/mol. The highest BCUT2D eigenvalue weighted by atomic mass is 16.6. The number of amides is 1. The normalized spacial score (nSPS) is 24.6. The molecule has 1 aliphatic carbocycles. The third kappa shape index (κ3) is 2.85. The van der Waals surface area contributed by atoms with Gasteiger partial charge in [0.1, 0.15) is 6.04 Å². The zero-order chi connectivity index (χ0) is 19.1. The average Bonchev–Trinajstić information content (AvgIpc) is 3.27. The summed E-state index contributed by atoms with van der Waals surface area (Å²) >= 11 is 0. The number of benzene rings is 1. The number of carbonyl (C=O) groups excluding carboxylic acids is 2. The second-order valence-corrected chi connectivity index (χ2v) is 7.29. The van der Waals surface area contributed by atoms with Crippen molar-refractivity contribution in [2.75, 3.05) is 7.11 Å². The van der Waals surface area contributed by atoms with Gasteiger partial charge in [-0.25, -0.2) is 4.79 Å². The molecule has 4 rings (SSSR count). The Balaban J connectivity index is 1.72. The molecule has 1 N–H and O–H groups in total. The van der Waals surface area contributed by atoms with Crippen LogP contribution in [0.2, 0.25) is 0 Å². The van der Waals surface area contributed by atoms with E-state index in [0.717, 1.165) is 25.7 Å². The van der Waals surface area contributed by atoms with Crippen molar-refractivity contribution in [2.45, 2.75) is 44.2 Å². The van der Waals surface area contributed by atoms with Crippen molar-refractivity contribution in [2.24, 2.45) is 5.92 Å². The number of nitrogens with one attached hydrogen (secondary N) is 1. The molecule has 2 aromatic rings. The van der Waals surface area contributed by atoms with E-state index in [2.05, 4.69) is 4.98 Å². The first-order valence-electron chi connectivity index (χ1n) is 9.17. The molecule has 2 heterocycles. The molecule has 8 nitrogen and oxygen atoms in total. The molecule has 3 atom stereocenters. The van der Waals surface area contributed by atoms with Gasteiger partial charge in [-0.3, -0.25) is 14.9 Å². The van der Waals surface area contributed by atoms with E-state index in [1.807, 2.05) is 0 Å². The Labute approximate surface area is 155 Å². The van der Waals surface area contributed by atoms with E-state index in [-0.39, 0.29) is 23.6 Å². The molecule has 1 amide bonds. The Bertz CT molecular complexity index is 921. The van der Waals surface area contributed by atoms with Gasteiger partial charge in [-0.2, -0.15) is 0 Å². The number of aromatic nitrogens is 1. The molecule has 0 bridgehead atoms. The van der Waals surface area contributed by atoms with Crippen LogP contribution < -0.4 is 0 Å². The zero-order valence-corrected chi connectivity index (χ0v) is 15.0. The highest BCUT2D eigenvalue weighted by molar-refractivity contribution is 6.08. The summed E-state index contributed by atoms with van der Waals surface area (Å²) in [5.41, 5.74) is 0.922. The van der Waals surface area contributed by atoms with E-state index in [9.17, 15) is 19.7 Å². The van der Waals surface area contributed by atoms with E-state index < -0.39 is 11.0 Å². The zero-order valence-electron chi connectivity index (χ0n) is 15.0. The molecule has 1 saturated heterocycles. The number of methoxy groups -OCH3 is 1. The highest BCUT2D eigenvalue weighted by Gasteiger charge is 2.48. The van der Waals surface area contributed by atoms with Crippen molar-refractivity contribution in [1.82, 2.24) is 9.88 Å². The van der Waals surface area contributed by atoms with Crippen molar-refractivity contribution in [3.05, 3.63) is 40.1 Å². The van der Waals surface area contributed by atoms with Crippen molar-refractivity contribution in [3.63, 3.8) is 0 Å². The van der Waals surface area contributed by atoms with Gasteiger partial charge >= 0.3 is 5.97 Å². The van der Waals surface area contributed by atoms with Crippen LogP contribution in [-0.4, -0.2) is 45.9 Å². The maximum atomic E-state index is 13.4. The van der Waals surface area contributed by atoms with Crippen LogP contribution in [0, 0.1) is 16.0 Å². The van der Waals surface area contributed by atoms with E-state index in [1.54, 1.807) is 17.2 Å². The fraction of sp³-hybridized carbons (Fsp3) is 0.474. The standard InChI is InChI=1S/C19H21N3O5/c1-27-19(24)17-8-11-4-2-3-5-16(11)21(17)18(23)14-10-20-15-9-12(22(25)26)6-7-13(14)15/h6-7,9-11,16-17,20H,2-5,8H2,1H3/t11-,16-,17-/m0/s1. The summed E-state index contributed by atoms with van der Waals surface area (Å²) in [6.07, 6.45) is 6.27. The summed E-state index contributed by atoms with van der Waals surface area (Å²) in [7, 11) is 1.35. The fourth-order valence-electron chi connectivity index (χ4n) is 4.64. The number of carbonyl (C=O) groups is 2. The molecule has 1 aliphatic heterocycles. The number of fused-ring (bicyclic) bond motifs is 2. The first-order valence-corrected chi connectivity index (χ1v) is 9.17. The maximum Gasteiger partial charge on any atom is 0.328 e. The molecule has 1 aromatic heterocycles. The number of esters is 1. The molecule has 2 fully saturated rings. The van der Waals surface area contributed by atoms with Gasteiger partial charge in [0.25, 0.3) is 11.6 Å². The van der Waals surface area contributed by atoms with Crippen LogP contribution in [0.3, 0.4) is 0 Å². The van der Waals surface area contributed by atoms with Gasteiger partial charge in [-0.05, 0) is 31.2 Å². The minimum absolute atomic E-state index is 0.0377. The van der Waals surface area contributed by atoms with Gasteiger partial charge in [-0.15, -0.1) is 0 Å². The molecule has 2 aliphatic rings. The van der Waals surface area contributed by atoms with Crippen LogP contribution in [0.1, 0.15) is 42.5 Å². The molecule has 27 heavy (non-hydrogen) atoms. The summed E-state index contributed by atoms with van der Waals surface area (Å²) in [5, 5.41) is 11.6. The van der Waals surface area contributed by atoms with Gasteiger partial charge < -0.3 is 14.6 Å². The Morgan fingerprint density at radius 3 is 2.81 bits per heavy atom. The number of hydrogen-bond acceptors (Lipinski definition) is 5. The number of H-pyrrole nitrogens is 1. The summed E-state index contributed by atoms with van der Waals surface area (Å²) in [5.74, 6) is -0.286. The first kappa shape index (κ1) is 17.5. The van der Waals surface area contributed by atoms with E-state index in [4.69, 9.17) is 4.74 Å². The SMILES string of the molecule is COC(=O)[C@@H]1C[C@@H]2CCCC[C@@H]2N1C(=O)c1c[nH]c2cc([N+](=O)[O-])ccc12. The largest absolute Gasteiger partial charge is 0.467 e. The molecule has 8 heteroatoms. The van der Waals surface area contributed by atoms with Gasteiger partial charge in [0.05, 0.1) is 23.1 Å². The summed E-state index contributed by atoms with van der Waals surface area (Å²) in [4.78, 5) is 40.9. The molecule has 0 spiro atoms. The van der Waals surface area contributed by atoms with Crippen molar-refractivity contribution >= 4 is 28.5 Å². The highest BCUT2D eigenvalue weighted by Crippen LogP contribution is 2.41. The predicted octanol–water partition coefficient (Wildman–Crippen LogP) is 3.02. The third-order valence-electron chi connectivity index (χ3n) is 5.90.